The van der Waals surface area contributed by atoms with Gasteiger partial charge in [-0.1, -0.05) is 18.6 Å². The molecule has 21 heavy (non-hydrogen) atoms. The molecule has 112 valence electrons. The Kier molecular flexibility index (Phi) is 5.31. The van der Waals surface area contributed by atoms with E-state index in [2.05, 4.69) is 15.8 Å². The smallest absolute Gasteiger partial charge is 0.329 e. The minimum atomic E-state index is -0.779. The van der Waals surface area contributed by atoms with Crippen LogP contribution >= 0.6 is 0 Å². The number of anilines is 1. The highest BCUT2D eigenvalue weighted by molar-refractivity contribution is 6.39. The van der Waals surface area contributed by atoms with Crippen molar-refractivity contribution in [3.05, 3.63) is 24.3 Å². The second-order valence-corrected chi connectivity index (χ2v) is 4.83. The number of nitrogens with one attached hydrogen (secondary N) is 2. The van der Waals surface area contributed by atoms with E-state index in [1.54, 1.807) is 24.3 Å². The van der Waals surface area contributed by atoms with Crippen LogP contribution in [0.5, 0.6) is 5.75 Å². The van der Waals surface area contributed by atoms with Crippen LogP contribution in [0.4, 0.5) is 5.69 Å². The summed E-state index contributed by atoms with van der Waals surface area (Å²) >= 11 is 0. The zero-order valence-corrected chi connectivity index (χ0v) is 12.0. The highest BCUT2D eigenvalue weighted by Crippen LogP contribution is 2.22. The lowest BCUT2D eigenvalue weighted by Crippen LogP contribution is -2.33. The van der Waals surface area contributed by atoms with E-state index in [0.717, 1.165) is 31.4 Å². The Morgan fingerprint density at radius 2 is 1.81 bits per heavy atom. The third kappa shape index (κ3) is 4.30. The third-order valence-corrected chi connectivity index (χ3v) is 3.31. The Balaban J connectivity index is 1.92. The highest BCUT2D eigenvalue weighted by Gasteiger charge is 2.16. The molecule has 6 nitrogen and oxygen atoms in total. The molecule has 1 fully saturated rings. The normalized spacial score (nSPS) is 14.2. The van der Waals surface area contributed by atoms with Crippen molar-refractivity contribution in [2.45, 2.75) is 32.1 Å². The van der Waals surface area contributed by atoms with E-state index in [0.29, 0.717) is 11.4 Å². The molecule has 1 aromatic carbocycles. The van der Waals surface area contributed by atoms with Crippen molar-refractivity contribution in [2.24, 2.45) is 5.10 Å². The second-order valence-electron chi connectivity index (χ2n) is 4.83. The van der Waals surface area contributed by atoms with E-state index < -0.39 is 11.8 Å². The molecule has 1 saturated carbocycles. The minimum Gasteiger partial charge on any atom is -0.495 e. The summed E-state index contributed by atoms with van der Waals surface area (Å²) in [5, 5.41) is 6.52. The van der Waals surface area contributed by atoms with Gasteiger partial charge in [0.05, 0.1) is 12.8 Å². The summed E-state index contributed by atoms with van der Waals surface area (Å²) in [5.74, 6) is -1.05. The number of benzene rings is 1. The van der Waals surface area contributed by atoms with Crippen LogP contribution in [0.25, 0.3) is 0 Å². The van der Waals surface area contributed by atoms with E-state index in [9.17, 15) is 9.59 Å². The molecule has 0 unspecified atom stereocenters. The number of hydrazone groups is 1. The van der Waals surface area contributed by atoms with Crippen LogP contribution in [-0.4, -0.2) is 24.6 Å². The van der Waals surface area contributed by atoms with Crippen molar-refractivity contribution in [3.8, 4) is 5.75 Å². The van der Waals surface area contributed by atoms with Crippen molar-refractivity contribution >= 4 is 23.2 Å². The van der Waals surface area contributed by atoms with E-state index in [1.807, 2.05) is 0 Å². The van der Waals surface area contributed by atoms with Gasteiger partial charge in [-0.25, -0.2) is 5.43 Å². The number of ether oxygens (including phenoxy) is 1. The lowest BCUT2D eigenvalue weighted by Gasteiger charge is -2.12. The fourth-order valence-corrected chi connectivity index (χ4v) is 2.18. The largest absolute Gasteiger partial charge is 0.495 e. The van der Waals surface area contributed by atoms with Crippen molar-refractivity contribution in [2.75, 3.05) is 12.4 Å². The van der Waals surface area contributed by atoms with Crippen LogP contribution in [0.15, 0.2) is 29.4 Å². The van der Waals surface area contributed by atoms with Crippen molar-refractivity contribution in [1.29, 1.82) is 0 Å². The maximum Gasteiger partial charge on any atom is 0.329 e. The summed E-state index contributed by atoms with van der Waals surface area (Å²) < 4.78 is 5.11. The molecule has 0 bridgehead atoms. The van der Waals surface area contributed by atoms with Crippen molar-refractivity contribution in [1.82, 2.24) is 5.43 Å². The maximum absolute atomic E-state index is 11.8. The first-order valence-electron chi connectivity index (χ1n) is 7.00. The lowest BCUT2D eigenvalue weighted by molar-refractivity contribution is -0.136. The summed E-state index contributed by atoms with van der Waals surface area (Å²) in [6, 6.07) is 6.90. The summed E-state index contributed by atoms with van der Waals surface area (Å²) in [7, 11) is 1.50. The molecule has 0 aromatic heterocycles. The Morgan fingerprint density at radius 1 is 1.10 bits per heavy atom. The lowest BCUT2D eigenvalue weighted by atomic mass is 9.99. The summed E-state index contributed by atoms with van der Waals surface area (Å²) in [4.78, 5) is 23.5. The summed E-state index contributed by atoms with van der Waals surface area (Å²) in [6.45, 7) is 0. The molecule has 0 aliphatic heterocycles. The maximum atomic E-state index is 11.8. The Labute approximate surface area is 123 Å². The molecule has 6 heteroatoms. The monoisotopic (exact) mass is 289 g/mol. The first kappa shape index (κ1) is 15.0. The first-order chi connectivity index (χ1) is 10.2. The Morgan fingerprint density at radius 3 is 2.52 bits per heavy atom. The quantitative estimate of drug-likeness (QED) is 0.660. The van der Waals surface area contributed by atoms with E-state index in [1.165, 1.54) is 13.5 Å². The number of carbonyl (C=O) groups excluding carboxylic acids is 2. The van der Waals surface area contributed by atoms with Gasteiger partial charge >= 0.3 is 11.8 Å². The molecule has 2 rings (SSSR count). The van der Waals surface area contributed by atoms with Crippen LogP contribution in [0.2, 0.25) is 0 Å². The molecule has 1 aliphatic rings. The molecule has 0 saturated heterocycles. The van der Waals surface area contributed by atoms with Crippen LogP contribution in [0.3, 0.4) is 0 Å². The fourth-order valence-electron chi connectivity index (χ4n) is 2.18. The number of para-hydroxylation sites is 2. The molecule has 0 spiro atoms. The van der Waals surface area contributed by atoms with E-state index >= 15 is 0 Å². The predicted octanol–water partition coefficient (Wildman–Crippen LogP) is 2.07. The fraction of sp³-hybridized carbons (Fsp3) is 0.400. The molecule has 2 N–H and O–H groups in total. The minimum absolute atomic E-state index is 0.450. The van der Waals surface area contributed by atoms with Gasteiger partial charge < -0.3 is 10.1 Å². The van der Waals surface area contributed by atoms with Gasteiger partial charge in [-0.15, -0.1) is 0 Å². The number of carbonyl (C=O) groups is 2. The second kappa shape index (κ2) is 7.42. The topological polar surface area (TPSA) is 79.8 Å². The van der Waals surface area contributed by atoms with E-state index in [-0.39, 0.29) is 0 Å². The SMILES string of the molecule is COc1ccccc1NC(=O)C(=O)NN=C1CCCCC1. The van der Waals surface area contributed by atoms with Crippen LogP contribution in [0.1, 0.15) is 32.1 Å². The molecule has 0 atom stereocenters. The van der Waals surface area contributed by atoms with Gasteiger partial charge in [0.25, 0.3) is 0 Å². The molecule has 1 aromatic rings. The van der Waals surface area contributed by atoms with Crippen molar-refractivity contribution in [3.63, 3.8) is 0 Å². The zero-order valence-electron chi connectivity index (χ0n) is 12.0. The highest BCUT2D eigenvalue weighted by atomic mass is 16.5. The van der Waals surface area contributed by atoms with Gasteiger partial charge in [0.1, 0.15) is 5.75 Å². The number of amides is 2. The molecule has 2 amide bonds. The zero-order chi connectivity index (χ0) is 15.1. The van der Waals surface area contributed by atoms with Crippen molar-refractivity contribution < 1.29 is 14.3 Å². The third-order valence-electron chi connectivity index (χ3n) is 3.31. The summed E-state index contributed by atoms with van der Waals surface area (Å²) in [5.41, 5.74) is 3.70. The average Bonchev–Trinajstić information content (AvgIpc) is 2.54. The van der Waals surface area contributed by atoms with Gasteiger partial charge in [0, 0.05) is 5.71 Å². The van der Waals surface area contributed by atoms with Gasteiger partial charge in [-0.3, -0.25) is 9.59 Å². The molecular weight excluding hydrogens is 270 g/mol. The van der Waals surface area contributed by atoms with E-state index in [4.69, 9.17) is 4.74 Å². The van der Waals surface area contributed by atoms with Gasteiger partial charge in [0.2, 0.25) is 0 Å². The molecule has 0 heterocycles. The first-order valence-corrected chi connectivity index (χ1v) is 7.00. The molecule has 1 aliphatic carbocycles. The average molecular weight is 289 g/mol. The standard InChI is InChI=1S/C15H19N3O3/c1-21-13-10-6-5-9-12(13)16-14(19)15(20)18-17-11-7-3-2-4-8-11/h5-6,9-10H,2-4,7-8H2,1H3,(H,16,19)(H,18,20). The van der Waals surface area contributed by atoms with Crippen LogP contribution in [0, 0.1) is 0 Å². The molecule has 0 radical (unpaired) electrons. The predicted molar refractivity (Wildman–Crippen MR) is 80.3 cm³/mol. The van der Waals surface area contributed by atoms with Crippen LogP contribution < -0.4 is 15.5 Å². The number of hydrogen-bond donors (Lipinski definition) is 2. The van der Waals surface area contributed by atoms with Crippen LogP contribution in [-0.2, 0) is 9.59 Å². The number of nitrogens with zero attached hydrogens (tertiary/aromatic N) is 1. The number of rotatable bonds is 3. The number of hydrogen-bond acceptors (Lipinski definition) is 4. The Bertz CT molecular complexity index is 547. The Hall–Kier alpha value is -2.37. The van der Waals surface area contributed by atoms with Gasteiger partial charge in [0.15, 0.2) is 0 Å². The molecular formula is C15H19N3O3. The number of methoxy groups -OCH3 is 1. The van der Waals surface area contributed by atoms with Gasteiger partial charge in [-0.05, 0) is 37.8 Å². The van der Waals surface area contributed by atoms with Gasteiger partial charge in [-0.2, -0.15) is 5.10 Å². The summed E-state index contributed by atoms with van der Waals surface area (Å²) in [6.07, 6.45) is 5.13.